The molecule has 0 radical (unpaired) electrons. The Balaban J connectivity index is 1.39. The van der Waals surface area contributed by atoms with Gasteiger partial charge in [-0.2, -0.15) is 0 Å². The van der Waals surface area contributed by atoms with Crippen molar-refractivity contribution in [3.63, 3.8) is 0 Å². The molecule has 0 bridgehead atoms. The van der Waals surface area contributed by atoms with Gasteiger partial charge in [-0.3, -0.25) is 0 Å². The van der Waals surface area contributed by atoms with E-state index in [2.05, 4.69) is 165 Å². The van der Waals surface area contributed by atoms with Crippen LogP contribution in [0.15, 0.2) is 158 Å². The zero-order valence-corrected chi connectivity index (χ0v) is 22.1. The van der Waals surface area contributed by atoms with E-state index in [0.717, 1.165) is 0 Å². The van der Waals surface area contributed by atoms with Crippen molar-refractivity contribution in [2.24, 2.45) is 0 Å². The van der Waals surface area contributed by atoms with Crippen LogP contribution in [0.4, 0.5) is 0 Å². The van der Waals surface area contributed by atoms with E-state index in [9.17, 15) is 0 Å². The topological polar surface area (TPSA) is 0 Å². The highest BCUT2D eigenvalue weighted by molar-refractivity contribution is 6.84. The molecular weight excluding hydrogens is 467 g/mol. The minimum atomic E-state index is -0.360. The van der Waals surface area contributed by atoms with Crippen molar-refractivity contribution >= 4 is 17.6 Å². The Bertz CT molecular complexity index is 1700. The number of fused-ring (bicyclic) bond motifs is 3. The first kappa shape index (κ1) is 23.5. The zero-order chi connectivity index (χ0) is 26.2. The van der Waals surface area contributed by atoms with E-state index in [1.54, 1.807) is 0 Å². The Hall–Kier alpha value is -4.62. The predicted octanol–water partition coefficient (Wildman–Crippen LogP) is 7.96. The molecule has 0 saturated carbocycles. The fraction of sp³-hybridized carbons (Fsp3) is 0.0526. The molecule has 6 aromatic rings. The average molecular weight is 496 g/mol. The van der Waals surface area contributed by atoms with Crippen molar-refractivity contribution in [3.05, 3.63) is 180 Å². The van der Waals surface area contributed by atoms with Crippen molar-refractivity contribution in [3.8, 4) is 22.3 Å². The molecule has 0 aromatic heterocycles. The van der Waals surface area contributed by atoms with Gasteiger partial charge in [0.2, 0.25) is 6.71 Å². The first-order valence-electron chi connectivity index (χ1n) is 13.8. The van der Waals surface area contributed by atoms with Gasteiger partial charge in [-0.15, -0.1) is 0 Å². The van der Waals surface area contributed by atoms with Crippen molar-refractivity contribution in [1.82, 2.24) is 0 Å². The first-order valence-corrected chi connectivity index (χ1v) is 13.8. The van der Waals surface area contributed by atoms with Crippen molar-refractivity contribution < 1.29 is 0 Å². The van der Waals surface area contributed by atoms with Crippen LogP contribution in [-0.4, -0.2) is 6.71 Å². The van der Waals surface area contributed by atoms with E-state index in [1.807, 2.05) is 0 Å². The van der Waals surface area contributed by atoms with Gasteiger partial charge in [-0.05, 0) is 44.5 Å². The number of hydrogen-bond donors (Lipinski definition) is 0. The van der Waals surface area contributed by atoms with Gasteiger partial charge < -0.3 is 0 Å². The van der Waals surface area contributed by atoms with E-state index in [0.29, 0.717) is 0 Å². The predicted molar refractivity (Wildman–Crippen MR) is 167 cm³/mol. The second-order valence-corrected chi connectivity index (χ2v) is 10.5. The fourth-order valence-electron chi connectivity index (χ4n) is 6.52. The zero-order valence-electron chi connectivity index (χ0n) is 22.1. The minimum Gasteiger partial charge on any atom is -0.0774 e. The lowest BCUT2D eigenvalue weighted by Crippen LogP contribution is -2.40. The Morgan fingerprint density at radius 2 is 0.897 bits per heavy atom. The lowest BCUT2D eigenvalue weighted by atomic mass is 9.42. The fourth-order valence-corrected chi connectivity index (χ4v) is 6.52. The van der Waals surface area contributed by atoms with E-state index >= 15 is 0 Å². The molecular formula is C38H29B. The van der Waals surface area contributed by atoms with Crippen LogP contribution in [0.3, 0.4) is 0 Å². The monoisotopic (exact) mass is 496 g/mol. The van der Waals surface area contributed by atoms with Gasteiger partial charge in [0.15, 0.2) is 0 Å². The molecule has 1 aliphatic rings. The molecule has 0 aliphatic heterocycles. The highest BCUT2D eigenvalue weighted by Crippen LogP contribution is 2.55. The van der Waals surface area contributed by atoms with Crippen LogP contribution in [0.2, 0.25) is 6.82 Å². The molecule has 39 heavy (non-hydrogen) atoms. The lowest BCUT2D eigenvalue weighted by Gasteiger charge is -2.34. The third kappa shape index (κ3) is 3.77. The molecule has 6 aromatic carbocycles. The molecule has 7 rings (SSSR count). The van der Waals surface area contributed by atoms with Crippen molar-refractivity contribution in [2.45, 2.75) is 12.2 Å². The van der Waals surface area contributed by atoms with Gasteiger partial charge in [0.05, 0.1) is 5.41 Å². The van der Waals surface area contributed by atoms with Gasteiger partial charge in [0.1, 0.15) is 0 Å². The Morgan fingerprint density at radius 3 is 1.54 bits per heavy atom. The maximum absolute atomic E-state index is 2.48. The molecule has 184 valence electrons. The quantitative estimate of drug-likeness (QED) is 0.212. The van der Waals surface area contributed by atoms with E-state index < -0.39 is 0 Å². The lowest BCUT2D eigenvalue weighted by molar-refractivity contribution is 0.769. The van der Waals surface area contributed by atoms with Gasteiger partial charge in [0.25, 0.3) is 0 Å². The smallest absolute Gasteiger partial charge is 0.0774 e. The first-order chi connectivity index (χ1) is 19.3. The summed E-state index contributed by atoms with van der Waals surface area (Å²) >= 11 is 0. The van der Waals surface area contributed by atoms with E-state index in [4.69, 9.17) is 0 Å². The van der Waals surface area contributed by atoms with Crippen molar-refractivity contribution in [2.75, 3.05) is 0 Å². The molecule has 0 saturated heterocycles. The van der Waals surface area contributed by atoms with Crippen LogP contribution in [-0.2, 0) is 5.41 Å². The van der Waals surface area contributed by atoms with Crippen molar-refractivity contribution in [1.29, 1.82) is 0 Å². The largest absolute Gasteiger partial charge is 0.206 e. The third-order valence-corrected chi connectivity index (χ3v) is 8.50. The van der Waals surface area contributed by atoms with Gasteiger partial charge in [-0.1, -0.05) is 175 Å². The highest BCUT2D eigenvalue weighted by atomic mass is 14.5. The standard InChI is InChI=1S/C38H29B/c1-39(32-23-21-29(22-24-32)28-13-5-2-6-14-28)33-25-26-35-34-19-11-12-20-36(34)38(37(35)27-33,30-15-7-3-8-16-30)31-17-9-4-10-18-31/h2-27H,1H3. The van der Waals surface area contributed by atoms with Gasteiger partial charge in [0, 0.05) is 0 Å². The second-order valence-electron chi connectivity index (χ2n) is 10.5. The summed E-state index contributed by atoms with van der Waals surface area (Å²) in [4.78, 5) is 0. The summed E-state index contributed by atoms with van der Waals surface area (Å²) in [5.74, 6) is 0. The van der Waals surface area contributed by atoms with Crippen LogP contribution >= 0.6 is 0 Å². The normalized spacial score (nSPS) is 12.9. The van der Waals surface area contributed by atoms with Crippen LogP contribution in [0.5, 0.6) is 0 Å². The number of hydrogen-bond acceptors (Lipinski definition) is 0. The summed E-state index contributed by atoms with van der Waals surface area (Å²) in [5, 5.41) is 0. The Labute approximate surface area is 231 Å². The Morgan fingerprint density at radius 1 is 0.410 bits per heavy atom. The SMILES string of the molecule is CB(c1ccc(-c2ccccc2)cc1)c1ccc2c(c1)C(c1ccccc1)(c1ccccc1)c1ccccc1-2. The highest BCUT2D eigenvalue weighted by Gasteiger charge is 2.46. The van der Waals surface area contributed by atoms with Crippen LogP contribution in [0.1, 0.15) is 22.3 Å². The number of rotatable bonds is 5. The maximum atomic E-state index is 2.48. The molecule has 0 nitrogen and oxygen atoms in total. The second kappa shape index (κ2) is 9.60. The molecule has 0 unspecified atom stereocenters. The van der Waals surface area contributed by atoms with Crippen LogP contribution in [0, 0.1) is 0 Å². The molecule has 0 N–H and O–H groups in total. The summed E-state index contributed by atoms with van der Waals surface area (Å²) in [7, 11) is 0. The number of benzene rings is 6. The average Bonchev–Trinajstić information content (AvgIpc) is 3.32. The summed E-state index contributed by atoms with van der Waals surface area (Å²) in [5.41, 5.74) is 12.8. The third-order valence-electron chi connectivity index (χ3n) is 8.50. The van der Waals surface area contributed by atoms with Gasteiger partial charge >= 0.3 is 0 Å². The van der Waals surface area contributed by atoms with Crippen LogP contribution in [0.25, 0.3) is 22.3 Å². The van der Waals surface area contributed by atoms with Crippen LogP contribution < -0.4 is 10.9 Å². The molecule has 0 amide bonds. The van der Waals surface area contributed by atoms with E-state index in [-0.39, 0.29) is 12.1 Å². The Kier molecular flexibility index (Phi) is 5.79. The molecule has 0 heterocycles. The summed E-state index contributed by atoms with van der Waals surface area (Å²) in [6.45, 7) is 2.60. The molecule has 0 spiro atoms. The summed E-state index contributed by atoms with van der Waals surface area (Å²) < 4.78 is 0. The summed E-state index contributed by atoms with van der Waals surface area (Å²) in [6.07, 6.45) is 0. The van der Waals surface area contributed by atoms with E-state index in [1.165, 1.54) is 55.4 Å². The molecule has 0 atom stereocenters. The molecule has 0 fully saturated rings. The minimum absolute atomic E-state index is 0.271. The van der Waals surface area contributed by atoms with Gasteiger partial charge in [-0.25, -0.2) is 0 Å². The molecule has 1 heteroatoms. The summed E-state index contributed by atoms with van der Waals surface area (Å²) in [6, 6.07) is 57.9. The molecule has 1 aliphatic carbocycles. The maximum Gasteiger partial charge on any atom is 0.206 e.